The van der Waals surface area contributed by atoms with Crippen molar-refractivity contribution >= 4 is 41.2 Å². The fourth-order valence-electron chi connectivity index (χ4n) is 2.17. The summed E-state index contributed by atoms with van der Waals surface area (Å²) in [5, 5.41) is 3.61. The van der Waals surface area contributed by atoms with Crippen LogP contribution < -0.4 is 10.1 Å². The van der Waals surface area contributed by atoms with Crippen LogP contribution in [-0.2, 0) is 16.1 Å². The number of methoxy groups -OCH3 is 2. The number of carbonyl (C=O) groups is 2. The van der Waals surface area contributed by atoms with Gasteiger partial charge in [-0.25, -0.2) is 4.79 Å². The number of amides is 1. The van der Waals surface area contributed by atoms with E-state index in [0.717, 1.165) is 11.1 Å². The molecule has 5 nitrogen and oxygen atoms in total. The van der Waals surface area contributed by atoms with Crippen LogP contribution in [0.5, 0.6) is 5.75 Å². The average molecular weight is 394 g/mol. The fourth-order valence-corrected chi connectivity index (χ4v) is 2.48. The van der Waals surface area contributed by atoms with Gasteiger partial charge in [0.1, 0.15) is 11.3 Å². The Kier molecular flexibility index (Phi) is 7.06. The zero-order valence-electron chi connectivity index (χ0n) is 14.2. The number of halogens is 2. The van der Waals surface area contributed by atoms with Crippen LogP contribution in [0.1, 0.15) is 21.5 Å². The van der Waals surface area contributed by atoms with E-state index < -0.39 is 5.97 Å². The zero-order chi connectivity index (χ0) is 19.1. The van der Waals surface area contributed by atoms with Crippen molar-refractivity contribution in [1.82, 2.24) is 5.32 Å². The maximum absolute atomic E-state index is 12.0. The Hall–Kier alpha value is -2.50. The van der Waals surface area contributed by atoms with E-state index in [2.05, 4.69) is 5.32 Å². The third-order valence-corrected chi connectivity index (χ3v) is 4.25. The minimum absolute atomic E-state index is 0.249. The van der Waals surface area contributed by atoms with Crippen molar-refractivity contribution in [2.45, 2.75) is 6.54 Å². The second-order valence-electron chi connectivity index (χ2n) is 5.25. The molecule has 0 aliphatic carbocycles. The van der Waals surface area contributed by atoms with Crippen LogP contribution in [0.3, 0.4) is 0 Å². The van der Waals surface area contributed by atoms with Crippen LogP contribution >= 0.6 is 23.2 Å². The zero-order valence-corrected chi connectivity index (χ0v) is 15.7. The van der Waals surface area contributed by atoms with Crippen LogP contribution in [-0.4, -0.2) is 26.1 Å². The highest BCUT2D eigenvalue weighted by Gasteiger charge is 2.13. The number of carbonyl (C=O) groups excluding carboxylic acids is 2. The summed E-state index contributed by atoms with van der Waals surface area (Å²) >= 11 is 11.8. The number of hydrogen-bond acceptors (Lipinski definition) is 4. The van der Waals surface area contributed by atoms with Gasteiger partial charge in [-0.1, -0.05) is 35.3 Å². The lowest BCUT2D eigenvalue weighted by atomic mass is 10.1. The maximum Gasteiger partial charge on any atom is 0.341 e. The maximum atomic E-state index is 12.0. The smallest absolute Gasteiger partial charge is 0.341 e. The molecule has 0 aliphatic heterocycles. The van der Waals surface area contributed by atoms with Crippen molar-refractivity contribution < 1.29 is 19.1 Å². The molecule has 0 heterocycles. The predicted molar refractivity (Wildman–Crippen MR) is 102 cm³/mol. The largest absolute Gasteiger partial charge is 0.496 e. The second kappa shape index (κ2) is 9.27. The summed E-state index contributed by atoms with van der Waals surface area (Å²) in [5.41, 5.74) is 1.79. The quantitative estimate of drug-likeness (QED) is 0.592. The van der Waals surface area contributed by atoms with E-state index in [9.17, 15) is 9.59 Å². The molecule has 136 valence electrons. The lowest BCUT2D eigenvalue weighted by Crippen LogP contribution is -2.20. The lowest BCUT2D eigenvalue weighted by molar-refractivity contribution is -0.116. The molecule has 1 N–H and O–H groups in total. The molecule has 0 saturated heterocycles. The monoisotopic (exact) mass is 393 g/mol. The van der Waals surface area contributed by atoms with E-state index in [4.69, 9.17) is 32.7 Å². The van der Waals surface area contributed by atoms with Gasteiger partial charge in [-0.2, -0.15) is 0 Å². The van der Waals surface area contributed by atoms with Gasteiger partial charge in [0.05, 0.1) is 24.3 Å². The first kappa shape index (κ1) is 19.8. The number of rotatable bonds is 6. The summed E-state index contributed by atoms with van der Waals surface area (Å²) in [6.45, 7) is 0.249. The van der Waals surface area contributed by atoms with Crippen molar-refractivity contribution in [1.29, 1.82) is 0 Å². The molecular formula is C19H17Cl2NO4. The highest BCUT2D eigenvalue weighted by molar-refractivity contribution is 6.42. The molecule has 0 saturated carbocycles. The predicted octanol–water partition coefficient (Wildman–Crippen LogP) is 4.12. The summed E-state index contributed by atoms with van der Waals surface area (Å²) in [7, 11) is 2.76. The minimum Gasteiger partial charge on any atom is -0.496 e. The van der Waals surface area contributed by atoms with Gasteiger partial charge in [-0.05, 0) is 41.5 Å². The van der Waals surface area contributed by atoms with Crippen molar-refractivity contribution in [2.24, 2.45) is 0 Å². The van der Waals surface area contributed by atoms with E-state index in [1.165, 1.54) is 20.3 Å². The molecule has 26 heavy (non-hydrogen) atoms. The molecular weight excluding hydrogens is 377 g/mol. The summed E-state index contributed by atoms with van der Waals surface area (Å²) in [6, 6.07) is 10.1. The van der Waals surface area contributed by atoms with E-state index >= 15 is 0 Å². The molecule has 7 heteroatoms. The van der Waals surface area contributed by atoms with E-state index in [1.807, 2.05) is 0 Å². The van der Waals surface area contributed by atoms with Crippen molar-refractivity contribution in [3.8, 4) is 5.75 Å². The standard InChI is InChI=1S/C19H17Cl2NO4/c1-25-17-7-4-13(9-14(17)19(24)26-2)11-22-18(23)8-5-12-3-6-15(20)16(21)10-12/h3-10H,11H2,1-2H3,(H,22,23)/b8-5+. The Balaban J connectivity index is 2.01. The number of esters is 1. The van der Waals surface area contributed by atoms with Gasteiger partial charge < -0.3 is 14.8 Å². The molecule has 1 amide bonds. The van der Waals surface area contributed by atoms with Crippen molar-refractivity contribution in [2.75, 3.05) is 14.2 Å². The van der Waals surface area contributed by atoms with Gasteiger partial charge in [-0.15, -0.1) is 0 Å². The van der Waals surface area contributed by atoms with Crippen LogP contribution in [0, 0.1) is 0 Å². The van der Waals surface area contributed by atoms with Gasteiger partial charge in [0, 0.05) is 12.6 Å². The fraction of sp³-hybridized carbons (Fsp3) is 0.158. The summed E-state index contributed by atoms with van der Waals surface area (Å²) < 4.78 is 9.86. The first-order valence-corrected chi connectivity index (χ1v) is 8.36. The highest BCUT2D eigenvalue weighted by Crippen LogP contribution is 2.23. The number of benzene rings is 2. The van der Waals surface area contributed by atoms with Crippen molar-refractivity contribution in [3.05, 3.63) is 69.2 Å². The Labute approximate surface area is 161 Å². The molecule has 0 aromatic heterocycles. The number of hydrogen-bond donors (Lipinski definition) is 1. The third-order valence-electron chi connectivity index (χ3n) is 3.51. The Morgan fingerprint density at radius 2 is 1.85 bits per heavy atom. The van der Waals surface area contributed by atoms with E-state index in [-0.39, 0.29) is 12.5 Å². The van der Waals surface area contributed by atoms with E-state index in [0.29, 0.717) is 21.4 Å². The van der Waals surface area contributed by atoms with Crippen molar-refractivity contribution in [3.63, 3.8) is 0 Å². The van der Waals surface area contributed by atoms with E-state index in [1.54, 1.807) is 42.5 Å². The molecule has 0 fully saturated rings. The van der Waals surface area contributed by atoms with Crippen LogP contribution in [0.25, 0.3) is 6.08 Å². The molecule has 2 aromatic carbocycles. The molecule has 0 aliphatic rings. The minimum atomic E-state index is -0.505. The SMILES string of the molecule is COC(=O)c1cc(CNC(=O)/C=C/c2ccc(Cl)c(Cl)c2)ccc1OC. The van der Waals surface area contributed by atoms with Crippen LogP contribution in [0.15, 0.2) is 42.5 Å². The first-order chi connectivity index (χ1) is 12.4. The summed E-state index contributed by atoms with van der Waals surface area (Å²) in [6.07, 6.45) is 3.02. The van der Waals surface area contributed by atoms with Crippen LogP contribution in [0.4, 0.5) is 0 Å². The number of ether oxygens (including phenoxy) is 2. The second-order valence-corrected chi connectivity index (χ2v) is 6.07. The Morgan fingerprint density at radius 3 is 2.50 bits per heavy atom. The number of nitrogens with one attached hydrogen (secondary N) is 1. The topological polar surface area (TPSA) is 64.6 Å². The Morgan fingerprint density at radius 1 is 1.08 bits per heavy atom. The molecule has 0 atom stereocenters. The highest BCUT2D eigenvalue weighted by atomic mass is 35.5. The van der Waals surface area contributed by atoms with Gasteiger partial charge in [-0.3, -0.25) is 4.79 Å². The first-order valence-electron chi connectivity index (χ1n) is 7.60. The molecule has 2 aromatic rings. The summed E-state index contributed by atoms with van der Waals surface area (Å²) in [4.78, 5) is 23.7. The van der Waals surface area contributed by atoms with Gasteiger partial charge >= 0.3 is 5.97 Å². The molecule has 0 bridgehead atoms. The molecule has 0 spiro atoms. The summed E-state index contributed by atoms with van der Waals surface area (Å²) in [5.74, 6) is -0.382. The van der Waals surface area contributed by atoms with Gasteiger partial charge in [0.2, 0.25) is 5.91 Å². The van der Waals surface area contributed by atoms with Gasteiger partial charge in [0.15, 0.2) is 0 Å². The lowest BCUT2D eigenvalue weighted by Gasteiger charge is -2.09. The van der Waals surface area contributed by atoms with Gasteiger partial charge in [0.25, 0.3) is 0 Å². The van der Waals surface area contributed by atoms with Crippen LogP contribution in [0.2, 0.25) is 10.0 Å². The normalized spacial score (nSPS) is 10.6. The average Bonchev–Trinajstić information content (AvgIpc) is 2.66. The Bertz CT molecular complexity index is 849. The molecule has 2 rings (SSSR count). The third kappa shape index (κ3) is 5.25. The molecule has 0 unspecified atom stereocenters. The molecule has 0 radical (unpaired) electrons.